The standard InChI is InChI=1S/C23H27N3O2/c27-22(17-18-10-12-19(13-11-18)26-16-6-9-23(26)28)24-20-7-2-3-8-21(20)25-14-4-1-5-15-25/h2-3,7-8,10-13H,1,4-6,9,14-17H2,(H,24,27). The van der Waals surface area contributed by atoms with Crippen LogP contribution in [0.5, 0.6) is 0 Å². The van der Waals surface area contributed by atoms with Crippen molar-refractivity contribution in [2.75, 3.05) is 34.8 Å². The van der Waals surface area contributed by atoms with Gasteiger partial charge in [0.25, 0.3) is 0 Å². The van der Waals surface area contributed by atoms with E-state index in [9.17, 15) is 9.59 Å². The molecular weight excluding hydrogens is 350 g/mol. The van der Waals surface area contributed by atoms with Crippen LogP contribution in [0.1, 0.15) is 37.7 Å². The molecule has 0 spiro atoms. The summed E-state index contributed by atoms with van der Waals surface area (Å²) in [4.78, 5) is 28.7. The number of piperidine rings is 1. The summed E-state index contributed by atoms with van der Waals surface area (Å²) in [7, 11) is 0. The molecule has 2 aliphatic rings. The van der Waals surface area contributed by atoms with E-state index >= 15 is 0 Å². The Balaban J connectivity index is 1.40. The highest BCUT2D eigenvalue weighted by Gasteiger charge is 2.21. The minimum Gasteiger partial charge on any atom is -0.370 e. The van der Waals surface area contributed by atoms with E-state index in [0.717, 1.165) is 48.7 Å². The number of benzene rings is 2. The van der Waals surface area contributed by atoms with Crippen molar-refractivity contribution in [1.82, 2.24) is 0 Å². The van der Waals surface area contributed by atoms with Crippen molar-refractivity contribution in [2.45, 2.75) is 38.5 Å². The zero-order chi connectivity index (χ0) is 19.3. The molecule has 2 heterocycles. The molecule has 5 heteroatoms. The molecule has 2 amide bonds. The predicted octanol–water partition coefficient (Wildman–Crippen LogP) is 3.98. The van der Waals surface area contributed by atoms with Crippen molar-refractivity contribution in [3.05, 3.63) is 54.1 Å². The van der Waals surface area contributed by atoms with Crippen LogP contribution < -0.4 is 15.1 Å². The fourth-order valence-electron chi connectivity index (χ4n) is 4.08. The van der Waals surface area contributed by atoms with E-state index in [2.05, 4.69) is 16.3 Å². The maximum absolute atomic E-state index is 12.6. The van der Waals surface area contributed by atoms with Gasteiger partial charge in [0.1, 0.15) is 0 Å². The van der Waals surface area contributed by atoms with Crippen LogP contribution in [0, 0.1) is 0 Å². The van der Waals surface area contributed by atoms with E-state index < -0.39 is 0 Å². The molecule has 2 aromatic carbocycles. The van der Waals surface area contributed by atoms with Gasteiger partial charge in [-0.1, -0.05) is 24.3 Å². The first kappa shape index (κ1) is 18.5. The Kier molecular flexibility index (Phi) is 5.60. The van der Waals surface area contributed by atoms with E-state index in [1.165, 1.54) is 19.3 Å². The van der Waals surface area contributed by atoms with Gasteiger partial charge in [-0.2, -0.15) is 0 Å². The van der Waals surface area contributed by atoms with E-state index in [-0.39, 0.29) is 11.8 Å². The maximum Gasteiger partial charge on any atom is 0.228 e. The van der Waals surface area contributed by atoms with E-state index in [1.807, 2.05) is 47.4 Å². The number of rotatable bonds is 5. The minimum absolute atomic E-state index is 0.0190. The van der Waals surface area contributed by atoms with Crippen LogP contribution in [0.25, 0.3) is 0 Å². The lowest BCUT2D eigenvalue weighted by atomic mass is 10.1. The third-order valence-corrected chi connectivity index (χ3v) is 5.56. The first-order chi connectivity index (χ1) is 13.7. The third-order valence-electron chi connectivity index (χ3n) is 5.56. The highest BCUT2D eigenvalue weighted by Crippen LogP contribution is 2.28. The fourth-order valence-corrected chi connectivity index (χ4v) is 4.08. The topological polar surface area (TPSA) is 52.7 Å². The number of carbonyl (C=O) groups is 2. The average Bonchev–Trinajstić information content (AvgIpc) is 3.15. The molecule has 2 aromatic rings. The van der Waals surface area contributed by atoms with Gasteiger partial charge in [-0.25, -0.2) is 0 Å². The van der Waals surface area contributed by atoms with Crippen LogP contribution in [-0.4, -0.2) is 31.4 Å². The van der Waals surface area contributed by atoms with Crippen molar-refractivity contribution in [1.29, 1.82) is 0 Å². The van der Waals surface area contributed by atoms with Crippen molar-refractivity contribution < 1.29 is 9.59 Å². The Bertz CT molecular complexity index is 841. The van der Waals surface area contributed by atoms with Crippen molar-refractivity contribution in [3.63, 3.8) is 0 Å². The van der Waals surface area contributed by atoms with Gasteiger partial charge in [-0.3, -0.25) is 9.59 Å². The lowest BCUT2D eigenvalue weighted by Crippen LogP contribution is -2.30. The molecule has 0 unspecified atom stereocenters. The van der Waals surface area contributed by atoms with E-state index in [1.54, 1.807) is 0 Å². The van der Waals surface area contributed by atoms with Gasteiger partial charge < -0.3 is 15.1 Å². The van der Waals surface area contributed by atoms with Crippen LogP contribution in [0.2, 0.25) is 0 Å². The summed E-state index contributed by atoms with van der Waals surface area (Å²) < 4.78 is 0. The molecule has 146 valence electrons. The number of hydrogen-bond donors (Lipinski definition) is 1. The van der Waals surface area contributed by atoms with Crippen LogP contribution in [0.15, 0.2) is 48.5 Å². The lowest BCUT2D eigenvalue weighted by molar-refractivity contribution is -0.117. The molecule has 5 nitrogen and oxygen atoms in total. The molecule has 0 atom stereocenters. The first-order valence-corrected chi connectivity index (χ1v) is 10.2. The highest BCUT2D eigenvalue weighted by molar-refractivity contribution is 5.96. The number of nitrogens with zero attached hydrogens (tertiary/aromatic N) is 2. The number of para-hydroxylation sites is 2. The molecule has 2 saturated heterocycles. The molecule has 0 aliphatic carbocycles. The Hall–Kier alpha value is -2.82. The average molecular weight is 377 g/mol. The molecule has 4 rings (SSSR count). The van der Waals surface area contributed by atoms with Gasteiger partial charge in [0.05, 0.1) is 17.8 Å². The molecular formula is C23H27N3O2. The summed E-state index contributed by atoms with van der Waals surface area (Å²) in [6, 6.07) is 15.8. The normalized spacial score (nSPS) is 17.1. The van der Waals surface area contributed by atoms with Gasteiger partial charge >= 0.3 is 0 Å². The second kappa shape index (κ2) is 8.46. The van der Waals surface area contributed by atoms with Crippen LogP contribution in [-0.2, 0) is 16.0 Å². The highest BCUT2D eigenvalue weighted by atomic mass is 16.2. The monoisotopic (exact) mass is 377 g/mol. The largest absolute Gasteiger partial charge is 0.370 e. The van der Waals surface area contributed by atoms with Crippen molar-refractivity contribution in [2.24, 2.45) is 0 Å². The number of carbonyl (C=O) groups excluding carboxylic acids is 2. The quantitative estimate of drug-likeness (QED) is 0.857. The number of nitrogens with one attached hydrogen (secondary N) is 1. The van der Waals surface area contributed by atoms with Gasteiger partial charge in [-0.05, 0) is 55.5 Å². The van der Waals surface area contributed by atoms with Crippen molar-refractivity contribution >= 4 is 28.9 Å². The number of hydrogen-bond acceptors (Lipinski definition) is 3. The predicted molar refractivity (Wildman–Crippen MR) is 113 cm³/mol. The zero-order valence-corrected chi connectivity index (χ0v) is 16.2. The smallest absolute Gasteiger partial charge is 0.228 e. The summed E-state index contributed by atoms with van der Waals surface area (Å²) in [5.41, 5.74) is 3.86. The SMILES string of the molecule is O=C(Cc1ccc(N2CCCC2=O)cc1)Nc1ccccc1N1CCCCC1. The zero-order valence-electron chi connectivity index (χ0n) is 16.2. The minimum atomic E-state index is -0.0190. The molecule has 0 bridgehead atoms. The Morgan fingerprint density at radius 3 is 2.36 bits per heavy atom. The van der Waals surface area contributed by atoms with Gasteiger partial charge in [0.2, 0.25) is 11.8 Å². The molecule has 0 saturated carbocycles. The van der Waals surface area contributed by atoms with Crippen LogP contribution in [0.3, 0.4) is 0 Å². The van der Waals surface area contributed by atoms with E-state index in [0.29, 0.717) is 12.8 Å². The fraction of sp³-hybridized carbons (Fsp3) is 0.391. The molecule has 0 aromatic heterocycles. The van der Waals surface area contributed by atoms with Crippen molar-refractivity contribution in [3.8, 4) is 0 Å². The Labute approximate surface area is 166 Å². The third kappa shape index (κ3) is 4.19. The summed E-state index contributed by atoms with van der Waals surface area (Å²) in [6.45, 7) is 2.87. The van der Waals surface area contributed by atoms with Gasteiger partial charge in [0.15, 0.2) is 0 Å². The molecule has 0 radical (unpaired) electrons. The van der Waals surface area contributed by atoms with Crippen LogP contribution >= 0.6 is 0 Å². The summed E-state index contributed by atoms with van der Waals surface area (Å²) in [5.74, 6) is 0.161. The molecule has 1 N–H and O–H groups in total. The van der Waals surface area contributed by atoms with E-state index in [4.69, 9.17) is 0 Å². The first-order valence-electron chi connectivity index (χ1n) is 10.2. The molecule has 28 heavy (non-hydrogen) atoms. The maximum atomic E-state index is 12.6. The summed E-state index contributed by atoms with van der Waals surface area (Å²) in [5, 5.41) is 3.09. The summed E-state index contributed by atoms with van der Waals surface area (Å²) >= 11 is 0. The Morgan fingerprint density at radius 2 is 1.64 bits per heavy atom. The van der Waals surface area contributed by atoms with Gasteiger partial charge in [-0.15, -0.1) is 0 Å². The molecule has 2 fully saturated rings. The number of anilines is 3. The number of amides is 2. The lowest BCUT2D eigenvalue weighted by Gasteiger charge is -2.30. The van der Waals surface area contributed by atoms with Gasteiger partial charge in [0, 0.05) is 31.7 Å². The van der Waals surface area contributed by atoms with Crippen LogP contribution in [0.4, 0.5) is 17.1 Å². The second-order valence-corrected chi connectivity index (χ2v) is 7.61. The molecule has 2 aliphatic heterocycles. The summed E-state index contributed by atoms with van der Waals surface area (Å²) in [6.07, 6.45) is 5.55. The Morgan fingerprint density at radius 1 is 0.893 bits per heavy atom. The second-order valence-electron chi connectivity index (χ2n) is 7.61.